The predicted octanol–water partition coefficient (Wildman–Crippen LogP) is 7.10. The predicted molar refractivity (Wildman–Crippen MR) is 144 cm³/mol. The van der Waals surface area contributed by atoms with Gasteiger partial charge < -0.3 is 0 Å². The fraction of sp³-hybridized carbons (Fsp3) is 0.414. The number of ketones is 1. The van der Waals surface area contributed by atoms with E-state index in [-0.39, 0.29) is 43.7 Å². The van der Waals surface area contributed by atoms with Crippen molar-refractivity contribution in [1.82, 2.24) is 14.8 Å². The second-order valence-electron chi connectivity index (χ2n) is 11.0. The fourth-order valence-electron chi connectivity index (χ4n) is 6.52. The van der Waals surface area contributed by atoms with Gasteiger partial charge >= 0.3 is 0 Å². The van der Waals surface area contributed by atoms with Gasteiger partial charge in [-0.1, -0.05) is 11.6 Å². The van der Waals surface area contributed by atoms with E-state index in [9.17, 15) is 27.1 Å². The number of hydrogen-bond acceptors (Lipinski definition) is 5. The zero-order valence-electron chi connectivity index (χ0n) is 21.3. The number of halogens is 3. The molecule has 0 saturated heterocycles. The molecule has 0 bridgehead atoms. The lowest BCUT2D eigenvalue weighted by Crippen LogP contribution is -2.46. The molecule has 0 aliphatic heterocycles. The summed E-state index contributed by atoms with van der Waals surface area (Å²) < 4.78 is 65.8. The molecule has 2 N–H and O–H groups in total. The van der Waals surface area contributed by atoms with Crippen molar-refractivity contribution in [3.8, 4) is 5.69 Å². The highest BCUT2D eigenvalue weighted by atomic mass is 32.3. The molecule has 3 aliphatic rings. The molecule has 1 aromatic carbocycles. The van der Waals surface area contributed by atoms with Gasteiger partial charge in [-0.2, -0.15) is 15.7 Å². The number of fused-ring (bicyclic) bond motifs is 2. The number of nitrogens with zero attached hydrogens (tertiary/aromatic N) is 3. The summed E-state index contributed by atoms with van der Waals surface area (Å²) in [5, 5.41) is 3.34. The molecule has 206 valence electrons. The number of rotatable bonds is 5. The van der Waals surface area contributed by atoms with Crippen molar-refractivity contribution in [2.45, 2.75) is 67.8 Å². The van der Waals surface area contributed by atoms with Gasteiger partial charge in [0.1, 0.15) is 11.5 Å². The fourth-order valence-corrected chi connectivity index (χ4v) is 8.99. The lowest BCUT2D eigenvalue weighted by atomic mass is 9.61. The normalized spacial score (nSPS) is 25.4. The summed E-state index contributed by atoms with van der Waals surface area (Å²) in [5.41, 5.74) is 2.43. The van der Waals surface area contributed by atoms with Crippen molar-refractivity contribution < 1.29 is 27.1 Å². The van der Waals surface area contributed by atoms with Crippen LogP contribution in [0.2, 0.25) is 0 Å². The average molecular weight is 558 g/mol. The van der Waals surface area contributed by atoms with Crippen LogP contribution in [0.1, 0.15) is 66.7 Å². The van der Waals surface area contributed by atoms with E-state index in [1.807, 2.05) is 6.08 Å². The Kier molecular flexibility index (Phi) is 6.47. The summed E-state index contributed by atoms with van der Waals surface area (Å²) in [5.74, 6) is -3.31. The van der Waals surface area contributed by atoms with E-state index < -0.39 is 32.4 Å². The van der Waals surface area contributed by atoms with E-state index >= 15 is 0 Å². The Hall–Kier alpha value is -2.95. The lowest BCUT2D eigenvalue weighted by molar-refractivity contribution is -0.0334. The SMILES string of the molecule is O=C(c1ccccn1)[C@]12Cc3cnn(-c4ccc(F)cc4)c3C=C1CC[C@H](S(O)(O)C1CCC(F)(F)CC1)C2. The summed E-state index contributed by atoms with van der Waals surface area (Å²) in [4.78, 5) is 18.5. The van der Waals surface area contributed by atoms with Crippen molar-refractivity contribution in [2.24, 2.45) is 5.41 Å². The van der Waals surface area contributed by atoms with Crippen molar-refractivity contribution >= 4 is 22.4 Å². The minimum absolute atomic E-state index is 0.0598. The molecular weight excluding hydrogens is 527 g/mol. The summed E-state index contributed by atoms with van der Waals surface area (Å²) in [6, 6.07) is 11.2. The number of hydrogen-bond donors (Lipinski definition) is 2. The number of benzene rings is 1. The van der Waals surface area contributed by atoms with Gasteiger partial charge in [0.05, 0.1) is 28.2 Å². The van der Waals surface area contributed by atoms with Crippen LogP contribution in [-0.2, 0) is 6.42 Å². The topological polar surface area (TPSA) is 88.2 Å². The van der Waals surface area contributed by atoms with Crippen LogP contribution in [0.15, 0.2) is 60.4 Å². The molecule has 0 radical (unpaired) electrons. The van der Waals surface area contributed by atoms with Crippen LogP contribution in [-0.4, -0.2) is 46.1 Å². The molecular formula is C29H30F3N3O3S. The van der Waals surface area contributed by atoms with Crippen LogP contribution in [0.3, 0.4) is 0 Å². The largest absolute Gasteiger partial charge is 0.299 e. The molecule has 2 fully saturated rings. The Balaban J connectivity index is 1.38. The molecule has 10 heteroatoms. The van der Waals surface area contributed by atoms with Gasteiger partial charge in [0.15, 0.2) is 5.78 Å². The Morgan fingerprint density at radius 3 is 2.46 bits per heavy atom. The molecule has 6 nitrogen and oxygen atoms in total. The maximum absolute atomic E-state index is 14.2. The monoisotopic (exact) mass is 557 g/mol. The Morgan fingerprint density at radius 1 is 1.03 bits per heavy atom. The van der Waals surface area contributed by atoms with E-state index in [1.165, 1.54) is 12.1 Å². The number of carbonyl (C=O) groups is 1. The average Bonchev–Trinajstić information content (AvgIpc) is 3.34. The standard InChI is InChI=1S/C29H30F3N3O3S/c30-21-5-7-22(8-6-21)35-26-15-20-4-9-24(39(37,38)23-10-12-29(31,32)13-11-23)17-28(20,16-19(26)18-34-35)27(36)25-3-1-2-14-33-25/h1-3,5-8,14-15,18,23-24,37-38H,4,9-13,16-17H2/t24-,28-/m0/s1. The molecule has 0 amide bonds. The molecule has 3 aromatic rings. The zero-order valence-corrected chi connectivity index (χ0v) is 22.1. The lowest BCUT2D eigenvalue weighted by Gasteiger charge is -2.54. The molecule has 0 spiro atoms. The summed E-state index contributed by atoms with van der Waals surface area (Å²) in [6.07, 6.45) is 6.03. The highest BCUT2D eigenvalue weighted by Crippen LogP contribution is 2.63. The number of aromatic nitrogens is 3. The van der Waals surface area contributed by atoms with E-state index in [0.717, 1.165) is 16.8 Å². The van der Waals surface area contributed by atoms with Gasteiger partial charge in [0, 0.05) is 24.3 Å². The van der Waals surface area contributed by atoms with Crippen molar-refractivity contribution in [1.29, 1.82) is 0 Å². The van der Waals surface area contributed by atoms with Crippen LogP contribution in [0.4, 0.5) is 13.2 Å². The second kappa shape index (κ2) is 9.60. The smallest absolute Gasteiger partial charge is 0.248 e. The first-order chi connectivity index (χ1) is 18.6. The summed E-state index contributed by atoms with van der Waals surface area (Å²) in [7, 11) is -3.25. The van der Waals surface area contributed by atoms with Crippen molar-refractivity contribution in [3.63, 3.8) is 0 Å². The third-order valence-corrected chi connectivity index (χ3v) is 11.5. The molecule has 3 aliphatic carbocycles. The number of alkyl halides is 2. The highest BCUT2D eigenvalue weighted by molar-refractivity contribution is 8.25. The van der Waals surface area contributed by atoms with Crippen LogP contribution < -0.4 is 0 Å². The van der Waals surface area contributed by atoms with Gasteiger partial charge in [0.25, 0.3) is 0 Å². The number of carbonyl (C=O) groups excluding carboxylic acids is 1. The molecule has 2 atom stereocenters. The Bertz CT molecular complexity index is 1410. The van der Waals surface area contributed by atoms with Gasteiger partial charge in [-0.3, -0.25) is 18.9 Å². The van der Waals surface area contributed by atoms with E-state index in [1.54, 1.807) is 47.4 Å². The maximum Gasteiger partial charge on any atom is 0.248 e. The molecule has 2 aromatic heterocycles. The molecule has 39 heavy (non-hydrogen) atoms. The van der Waals surface area contributed by atoms with Gasteiger partial charge in [0.2, 0.25) is 5.92 Å². The minimum Gasteiger partial charge on any atom is -0.299 e. The van der Waals surface area contributed by atoms with Crippen molar-refractivity contribution in [3.05, 3.63) is 83.2 Å². The highest BCUT2D eigenvalue weighted by Gasteiger charge is 2.53. The molecule has 2 saturated carbocycles. The Morgan fingerprint density at radius 2 is 1.77 bits per heavy atom. The summed E-state index contributed by atoms with van der Waals surface area (Å²) in [6.45, 7) is 0. The minimum atomic E-state index is -3.25. The molecule has 6 rings (SSSR count). The third kappa shape index (κ3) is 4.62. The number of allylic oxidation sites excluding steroid dienone is 1. The van der Waals surface area contributed by atoms with Crippen LogP contribution in [0.5, 0.6) is 0 Å². The van der Waals surface area contributed by atoms with E-state index in [2.05, 4.69) is 10.1 Å². The molecule has 2 heterocycles. The van der Waals surface area contributed by atoms with Gasteiger partial charge in [-0.25, -0.2) is 17.9 Å². The van der Waals surface area contributed by atoms with E-state index in [4.69, 9.17) is 0 Å². The van der Waals surface area contributed by atoms with Crippen LogP contribution >= 0.6 is 10.6 Å². The van der Waals surface area contributed by atoms with E-state index in [0.29, 0.717) is 30.6 Å². The Labute approximate surface area is 226 Å². The number of pyridine rings is 1. The zero-order chi connectivity index (χ0) is 27.4. The second-order valence-corrected chi connectivity index (χ2v) is 13.6. The molecule has 0 unspecified atom stereocenters. The van der Waals surface area contributed by atoms with Gasteiger partial charge in [-0.15, -0.1) is 0 Å². The first kappa shape index (κ1) is 26.3. The third-order valence-electron chi connectivity index (χ3n) is 8.66. The van der Waals surface area contributed by atoms with Gasteiger partial charge in [-0.05, 0) is 86.6 Å². The first-order valence-electron chi connectivity index (χ1n) is 13.2. The first-order valence-corrected chi connectivity index (χ1v) is 14.9. The maximum atomic E-state index is 14.2. The quantitative estimate of drug-likeness (QED) is 0.327. The van der Waals surface area contributed by atoms with Crippen LogP contribution in [0.25, 0.3) is 11.8 Å². The van der Waals surface area contributed by atoms with Crippen LogP contribution in [0, 0.1) is 11.2 Å². The van der Waals surface area contributed by atoms with Crippen molar-refractivity contribution in [2.75, 3.05) is 0 Å². The summed E-state index contributed by atoms with van der Waals surface area (Å²) >= 11 is 0. The number of Topliss-reactive ketones (excluding diaryl/α,β-unsaturated/α-hetero) is 1.